The van der Waals surface area contributed by atoms with Crippen LogP contribution in [-0.4, -0.2) is 33.7 Å². The summed E-state index contributed by atoms with van der Waals surface area (Å²) in [5, 5.41) is 10.1. The smallest absolute Gasteiger partial charge is 0.192 e. The first kappa shape index (κ1) is 19.7. The molecule has 0 spiro atoms. The number of hydrogen-bond donors (Lipinski definition) is 0. The van der Waals surface area contributed by atoms with Crippen LogP contribution < -0.4 is 14.2 Å². The lowest BCUT2D eigenvalue weighted by molar-refractivity contribution is 0.0821. The second-order valence-electron chi connectivity index (χ2n) is 6.23. The fourth-order valence-corrected chi connectivity index (χ4v) is 3.90. The molecule has 3 aromatic rings. The fraction of sp³-hybridized carbons (Fsp3) is 0.238. The van der Waals surface area contributed by atoms with E-state index < -0.39 is 0 Å². The summed E-state index contributed by atoms with van der Waals surface area (Å²) in [5.74, 6) is 3.54. The van der Waals surface area contributed by atoms with E-state index >= 15 is 0 Å². The van der Waals surface area contributed by atoms with Crippen LogP contribution >= 0.6 is 23.4 Å². The topological polar surface area (TPSA) is 58.4 Å². The van der Waals surface area contributed by atoms with Gasteiger partial charge in [0.1, 0.15) is 12.4 Å². The molecule has 0 radical (unpaired) electrons. The normalized spacial score (nSPS) is 15.1. The Morgan fingerprint density at radius 1 is 1.17 bits per heavy atom. The van der Waals surface area contributed by atoms with Crippen LogP contribution in [-0.2, 0) is 6.54 Å². The number of para-hydroxylation sites is 3. The molecule has 2 aromatic carbocycles. The molecule has 0 saturated carbocycles. The minimum absolute atomic E-state index is 0.328. The molecule has 8 heteroatoms. The van der Waals surface area contributed by atoms with E-state index in [0.717, 1.165) is 10.9 Å². The predicted octanol–water partition coefficient (Wildman–Crippen LogP) is 4.80. The molecule has 1 unspecified atom stereocenters. The summed E-state index contributed by atoms with van der Waals surface area (Å²) >= 11 is 7.68. The van der Waals surface area contributed by atoms with Crippen molar-refractivity contribution in [3.05, 3.63) is 72.0 Å². The van der Waals surface area contributed by atoms with Gasteiger partial charge in [0.15, 0.2) is 28.6 Å². The highest BCUT2D eigenvalue weighted by Crippen LogP contribution is 2.36. The van der Waals surface area contributed by atoms with E-state index in [0.29, 0.717) is 47.9 Å². The first-order valence-corrected chi connectivity index (χ1v) is 10.5. The number of nitrogens with zero attached hydrogens (tertiary/aromatic N) is 3. The van der Waals surface area contributed by atoms with Gasteiger partial charge >= 0.3 is 0 Å². The van der Waals surface area contributed by atoms with Crippen LogP contribution in [0.4, 0.5) is 0 Å². The lowest BCUT2D eigenvalue weighted by Gasteiger charge is -2.26. The van der Waals surface area contributed by atoms with Gasteiger partial charge < -0.3 is 14.2 Å². The molecule has 1 aliphatic heterocycles. The van der Waals surface area contributed by atoms with E-state index in [2.05, 4.69) is 16.8 Å². The Morgan fingerprint density at radius 2 is 1.97 bits per heavy atom. The van der Waals surface area contributed by atoms with Gasteiger partial charge in [0.25, 0.3) is 0 Å². The lowest BCUT2D eigenvalue weighted by Crippen LogP contribution is -2.25. The van der Waals surface area contributed by atoms with Crippen molar-refractivity contribution < 1.29 is 14.2 Å². The van der Waals surface area contributed by atoms with Gasteiger partial charge in [-0.3, -0.25) is 4.57 Å². The van der Waals surface area contributed by atoms with E-state index in [1.807, 2.05) is 53.1 Å². The molecule has 0 fully saturated rings. The third kappa shape index (κ3) is 4.52. The minimum atomic E-state index is -0.328. The molecule has 150 valence electrons. The summed E-state index contributed by atoms with van der Waals surface area (Å²) in [7, 11) is 0. The van der Waals surface area contributed by atoms with Crippen LogP contribution in [0, 0.1) is 0 Å². The van der Waals surface area contributed by atoms with Crippen LogP contribution in [0.25, 0.3) is 0 Å². The third-order valence-corrected chi connectivity index (χ3v) is 5.51. The summed E-state index contributed by atoms with van der Waals surface area (Å²) in [6, 6.07) is 15.0. The van der Waals surface area contributed by atoms with Gasteiger partial charge in [-0.15, -0.1) is 16.8 Å². The maximum atomic E-state index is 6.12. The van der Waals surface area contributed by atoms with Crippen LogP contribution in [0.2, 0.25) is 5.02 Å². The summed E-state index contributed by atoms with van der Waals surface area (Å²) in [6.07, 6.45) is 1.49. The first-order valence-electron chi connectivity index (χ1n) is 9.19. The number of aromatic nitrogens is 3. The zero-order valence-corrected chi connectivity index (χ0v) is 17.2. The molecule has 4 rings (SSSR count). The van der Waals surface area contributed by atoms with Crippen molar-refractivity contribution >= 4 is 23.4 Å². The second-order valence-corrected chi connectivity index (χ2v) is 7.70. The molecule has 6 nitrogen and oxygen atoms in total. The Balaban J connectivity index is 1.42. The molecule has 29 heavy (non-hydrogen) atoms. The van der Waals surface area contributed by atoms with Crippen molar-refractivity contribution in [3.8, 4) is 17.2 Å². The Bertz CT molecular complexity index is 995. The van der Waals surface area contributed by atoms with Gasteiger partial charge in [-0.25, -0.2) is 0 Å². The number of ether oxygens (including phenoxy) is 3. The van der Waals surface area contributed by atoms with Crippen molar-refractivity contribution in [1.29, 1.82) is 0 Å². The molecule has 1 atom stereocenters. The number of rotatable bonds is 8. The Kier molecular flexibility index (Phi) is 6.27. The van der Waals surface area contributed by atoms with Crippen LogP contribution in [0.15, 0.2) is 66.3 Å². The van der Waals surface area contributed by atoms with Gasteiger partial charge in [0.2, 0.25) is 0 Å². The van der Waals surface area contributed by atoms with E-state index in [1.165, 1.54) is 0 Å². The van der Waals surface area contributed by atoms with E-state index in [4.69, 9.17) is 25.8 Å². The quantitative estimate of drug-likeness (QED) is 0.291. The monoisotopic (exact) mass is 429 g/mol. The summed E-state index contributed by atoms with van der Waals surface area (Å²) in [5.41, 5.74) is 0. The zero-order valence-electron chi connectivity index (χ0n) is 15.7. The highest BCUT2D eigenvalue weighted by molar-refractivity contribution is 7.99. The van der Waals surface area contributed by atoms with Gasteiger partial charge in [-0.1, -0.05) is 53.7 Å². The average molecular weight is 430 g/mol. The molecular formula is C21H20ClN3O3S. The predicted molar refractivity (Wildman–Crippen MR) is 113 cm³/mol. The summed E-state index contributed by atoms with van der Waals surface area (Å²) in [6.45, 7) is 5.31. The van der Waals surface area contributed by atoms with E-state index in [-0.39, 0.29) is 6.10 Å². The molecule has 0 aliphatic carbocycles. The maximum Gasteiger partial charge on any atom is 0.192 e. The number of halogens is 1. The number of fused-ring (bicyclic) bond motifs is 1. The van der Waals surface area contributed by atoms with Crippen molar-refractivity contribution in [2.75, 3.05) is 19.0 Å². The maximum absolute atomic E-state index is 6.12. The molecule has 0 saturated heterocycles. The van der Waals surface area contributed by atoms with E-state index in [9.17, 15) is 0 Å². The van der Waals surface area contributed by atoms with Gasteiger partial charge in [-0.05, 0) is 24.3 Å². The molecule has 0 N–H and O–H groups in total. The van der Waals surface area contributed by atoms with Crippen molar-refractivity contribution in [2.24, 2.45) is 0 Å². The largest absolute Gasteiger partial charge is 0.491 e. The van der Waals surface area contributed by atoms with Crippen LogP contribution in [0.3, 0.4) is 0 Å². The molecule has 0 bridgehead atoms. The minimum Gasteiger partial charge on any atom is -0.491 e. The first-order chi connectivity index (χ1) is 14.3. The third-order valence-electron chi connectivity index (χ3n) is 4.26. The number of hydrogen-bond acceptors (Lipinski definition) is 6. The Morgan fingerprint density at radius 3 is 2.79 bits per heavy atom. The number of benzene rings is 2. The van der Waals surface area contributed by atoms with Crippen molar-refractivity contribution in [3.63, 3.8) is 0 Å². The van der Waals surface area contributed by atoms with Crippen LogP contribution in [0.5, 0.6) is 17.2 Å². The average Bonchev–Trinajstić information content (AvgIpc) is 3.15. The molecule has 1 aromatic heterocycles. The second kappa shape index (κ2) is 9.24. The van der Waals surface area contributed by atoms with Gasteiger partial charge in [0.05, 0.1) is 11.6 Å². The number of allylic oxidation sites excluding steroid dienone is 1. The SMILES string of the molecule is C=CCn1c(SCCOc2ccccc2Cl)nnc1C1COc2ccccc2O1. The van der Waals surface area contributed by atoms with Crippen LogP contribution in [0.1, 0.15) is 11.9 Å². The Hall–Kier alpha value is -2.64. The Labute approximate surface area is 178 Å². The van der Waals surface area contributed by atoms with Gasteiger partial charge in [-0.2, -0.15) is 0 Å². The fourth-order valence-electron chi connectivity index (χ4n) is 2.94. The molecular weight excluding hydrogens is 410 g/mol. The van der Waals surface area contributed by atoms with Gasteiger partial charge in [0, 0.05) is 12.3 Å². The lowest BCUT2D eigenvalue weighted by atomic mass is 10.2. The van der Waals surface area contributed by atoms with Crippen molar-refractivity contribution in [1.82, 2.24) is 14.8 Å². The highest BCUT2D eigenvalue weighted by atomic mass is 35.5. The number of thioether (sulfide) groups is 1. The zero-order chi connectivity index (χ0) is 20.1. The highest BCUT2D eigenvalue weighted by Gasteiger charge is 2.28. The summed E-state index contributed by atoms with van der Waals surface area (Å²) in [4.78, 5) is 0. The molecule has 0 amide bonds. The van der Waals surface area contributed by atoms with E-state index in [1.54, 1.807) is 17.8 Å². The molecule has 2 heterocycles. The van der Waals surface area contributed by atoms with Crippen molar-refractivity contribution in [2.45, 2.75) is 17.8 Å². The summed E-state index contributed by atoms with van der Waals surface area (Å²) < 4.78 is 19.6. The molecule has 1 aliphatic rings. The standard InChI is InChI=1S/C21H20ClN3O3S/c1-2-11-25-20(19-14-27-17-9-5-6-10-18(17)28-19)23-24-21(25)29-13-12-26-16-8-4-3-7-15(16)22/h2-10,19H,1,11-14H2.